The molecular formula is C32H30F2N2O5S. The number of hydrogen-bond donors (Lipinski definition) is 1. The van der Waals surface area contributed by atoms with E-state index in [0.29, 0.717) is 28.0 Å². The molecule has 1 saturated heterocycles. The summed E-state index contributed by atoms with van der Waals surface area (Å²) in [6.45, 7) is 0.0971. The van der Waals surface area contributed by atoms with Gasteiger partial charge in [0.15, 0.2) is 5.78 Å². The Balaban J connectivity index is 1.41. The van der Waals surface area contributed by atoms with Gasteiger partial charge in [0.2, 0.25) is 22.1 Å². The van der Waals surface area contributed by atoms with Crippen LogP contribution in [0.4, 0.5) is 8.78 Å². The van der Waals surface area contributed by atoms with Crippen molar-refractivity contribution in [3.05, 3.63) is 119 Å². The van der Waals surface area contributed by atoms with E-state index in [4.69, 9.17) is 0 Å². The average Bonchev–Trinajstić information content (AvgIpc) is 2.97. The Kier molecular flexibility index (Phi) is 10.5. The Bertz CT molecular complexity index is 1580. The lowest BCUT2D eigenvalue weighted by atomic mass is 9.94. The molecule has 0 unspecified atom stereocenters. The second kappa shape index (κ2) is 14.5. The number of piperidine rings is 1. The van der Waals surface area contributed by atoms with Crippen molar-refractivity contribution >= 4 is 32.8 Å². The van der Waals surface area contributed by atoms with Crippen LogP contribution in [0.15, 0.2) is 95.8 Å². The number of carbonyl (C=O) groups excluding carboxylic acids is 3. The average molecular weight is 593 g/mol. The van der Waals surface area contributed by atoms with Crippen LogP contribution in [0.2, 0.25) is 0 Å². The molecule has 1 aliphatic carbocycles. The van der Waals surface area contributed by atoms with Crippen molar-refractivity contribution in [1.82, 2.24) is 10.2 Å². The highest BCUT2D eigenvalue weighted by Gasteiger charge is 2.28. The Hall–Kier alpha value is -4.44. The molecule has 0 aromatic heterocycles. The predicted molar refractivity (Wildman–Crippen MR) is 156 cm³/mol. The zero-order valence-corrected chi connectivity index (χ0v) is 23.6. The maximum atomic E-state index is 14.2. The number of hydrogen-bond acceptors (Lipinski definition) is 5. The number of ketones is 1. The number of likely N-dealkylation sites (tertiary alicyclic amines) is 1. The first-order valence-corrected chi connectivity index (χ1v) is 14.6. The molecule has 0 bridgehead atoms. The predicted octanol–water partition coefficient (Wildman–Crippen LogP) is 4.20. The van der Waals surface area contributed by atoms with Crippen molar-refractivity contribution in [3.8, 4) is 0 Å². The highest BCUT2D eigenvalue weighted by molar-refractivity contribution is 7.73. The number of Topliss-reactive ketones (excluding diaryl/α,β-unsaturated/α-hetero) is 1. The van der Waals surface area contributed by atoms with Gasteiger partial charge < -0.3 is 10.2 Å². The topological polar surface area (TPSA) is 101 Å². The van der Waals surface area contributed by atoms with Crippen molar-refractivity contribution in [2.24, 2.45) is 0 Å². The molecule has 4 rings (SSSR count). The Morgan fingerprint density at radius 1 is 0.857 bits per heavy atom. The number of nitrogens with one attached hydrogen (secondary N) is 1. The van der Waals surface area contributed by atoms with Gasteiger partial charge in [-0.15, -0.1) is 0 Å². The second-order valence-corrected chi connectivity index (χ2v) is 10.9. The SMILES string of the molecule is O=C(CCCC(=O)N1C/C(=C\Cc2ccccc2F)C(=O)/C(=C/Cc2ccccc2F)C1)NC1=CCC(=S(=O)=O)C=C1. The molecule has 2 aliphatic rings. The lowest BCUT2D eigenvalue weighted by Crippen LogP contribution is -2.41. The molecule has 2 aromatic rings. The number of rotatable bonds is 9. The Labute approximate surface area is 244 Å². The lowest BCUT2D eigenvalue weighted by molar-refractivity contribution is -0.131. The Morgan fingerprint density at radius 2 is 1.43 bits per heavy atom. The van der Waals surface area contributed by atoms with Gasteiger partial charge in [0.1, 0.15) is 11.6 Å². The van der Waals surface area contributed by atoms with E-state index >= 15 is 0 Å². The van der Waals surface area contributed by atoms with Gasteiger partial charge >= 0.3 is 0 Å². The van der Waals surface area contributed by atoms with Crippen molar-refractivity contribution in [2.45, 2.75) is 38.5 Å². The fourth-order valence-corrected chi connectivity index (χ4v) is 5.03. The van der Waals surface area contributed by atoms with Crippen LogP contribution in [0.1, 0.15) is 36.8 Å². The van der Waals surface area contributed by atoms with Crippen LogP contribution in [0, 0.1) is 11.6 Å². The number of nitrogens with zero attached hydrogens (tertiary/aromatic N) is 1. The summed E-state index contributed by atoms with van der Waals surface area (Å²) in [5.74, 6) is -1.61. The van der Waals surface area contributed by atoms with Crippen LogP contribution < -0.4 is 5.32 Å². The molecule has 0 atom stereocenters. The number of allylic oxidation sites excluding steroid dienone is 5. The summed E-state index contributed by atoms with van der Waals surface area (Å²) in [6.07, 6.45) is 8.71. The molecule has 1 heterocycles. The Morgan fingerprint density at radius 3 is 1.93 bits per heavy atom. The maximum Gasteiger partial charge on any atom is 0.224 e. The summed E-state index contributed by atoms with van der Waals surface area (Å²) in [5, 5.41) is 2.70. The summed E-state index contributed by atoms with van der Waals surface area (Å²) in [5.41, 5.74) is 2.03. The summed E-state index contributed by atoms with van der Waals surface area (Å²) >= 11 is 0. The summed E-state index contributed by atoms with van der Waals surface area (Å²) < 4.78 is 50.4. The van der Waals surface area contributed by atoms with Gasteiger partial charge in [0, 0.05) is 49.2 Å². The molecule has 0 saturated carbocycles. The number of amides is 2. The van der Waals surface area contributed by atoms with Gasteiger partial charge in [0.05, 0.1) is 4.86 Å². The van der Waals surface area contributed by atoms with E-state index in [2.05, 4.69) is 5.32 Å². The highest BCUT2D eigenvalue weighted by Crippen LogP contribution is 2.22. The van der Waals surface area contributed by atoms with Gasteiger partial charge in [-0.05, 0) is 54.7 Å². The molecule has 1 fully saturated rings. The first-order chi connectivity index (χ1) is 20.2. The third kappa shape index (κ3) is 8.29. The molecule has 0 spiro atoms. The first kappa shape index (κ1) is 30.5. The van der Waals surface area contributed by atoms with Crippen LogP contribution in [-0.2, 0) is 37.5 Å². The standard InChI is InChI=1S/C32H30F2N2O5S/c33-28-8-3-1-6-22(28)12-14-24-20-36(21-25(32(24)39)15-13-23-7-2-4-9-29(23)34)31(38)11-5-10-30(37)35-26-16-18-27(19-17-26)42(40)41/h1-4,6-9,14-18H,5,10-13,19-21H2,(H,35,37)/b24-14+,25-15+. The van der Waals surface area contributed by atoms with Gasteiger partial charge in [-0.2, -0.15) is 8.42 Å². The number of halogens is 2. The highest BCUT2D eigenvalue weighted by atomic mass is 32.2. The third-order valence-electron chi connectivity index (χ3n) is 6.98. The van der Waals surface area contributed by atoms with Crippen LogP contribution in [0.3, 0.4) is 0 Å². The van der Waals surface area contributed by atoms with Gasteiger partial charge in [0.25, 0.3) is 0 Å². The van der Waals surface area contributed by atoms with Crippen molar-refractivity contribution in [1.29, 1.82) is 0 Å². The molecule has 42 heavy (non-hydrogen) atoms. The second-order valence-electron chi connectivity index (χ2n) is 9.93. The van der Waals surface area contributed by atoms with Crippen molar-refractivity contribution in [2.75, 3.05) is 13.1 Å². The maximum absolute atomic E-state index is 14.2. The summed E-state index contributed by atoms with van der Waals surface area (Å²) in [4.78, 5) is 40.6. The summed E-state index contributed by atoms with van der Waals surface area (Å²) in [7, 11) is -2.31. The van der Waals surface area contributed by atoms with Gasteiger partial charge in [-0.25, -0.2) is 8.78 Å². The summed E-state index contributed by atoms with van der Waals surface area (Å²) in [6, 6.07) is 12.5. The molecule has 2 amide bonds. The zero-order valence-electron chi connectivity index (χ0n) is 22.8. The van der Waals surface area contributed by atoms with Crippen LogP contribution in [-0.4, -0.2) is 48.9 Å². The van der Waals surface area contributed by atoms with Crippen LogP contribution >= 0.6 is 0 Å². The zero-order chi connectivity index (χ0) is 30.1. The molecule has 7 nitrogen and oxygen atoms in total. The molecule has 0 radical (unpaired) electrons. The largest absolute Gasteiger partial charge is 0.334 e. The number of benzene rings is 2. The van der Waals surface area contributed by atoms with E-state index < -0.39 is 21.9 Å². The number of carbonyl (C=O) groups is 3. The normalized spacial score (nSPS) is 17.0. The fourth-order valence-electron chi connectivity index (χ4n) is 4.63. The molecule has 1 N–H and O–H groups in total. The van der Waals surface area contributed by atoms with Crippen LogP contribution in [0.5, 0.6) is 0 Å². The van der Waals surface area contributed by atoms with Crippen molar-refractivity contribution in [3.63, 3.8) is 0 Å². The molecule has 2 aromatic carbocycles. The molecule has 1 aliphatic heterocycles. The fraction of sp³-hybridized carbons (Fsp3) is 0.250. The van der Waals surface area contributed by atoms with E-state index in [1.807, 2.05) is 0 Å². The molecular weight excluding hydrogens is 562 g/mol. The molecule has 218 valence electrons. The monoisotopic (exact) mass is 592 g/mol. The molecule has 10 heteroatoms. The van der Waals surface area contributed by atoms with Crippen molar-refractivity contribution < 1.29 is 31.6 Å². The van der Waals surface area contributed by atoms with E-state index in [-0.39, 0.29) is 74.1 Å². The minimum absolute atomic E-state index is 0.0486. The lowest BCUT2D eigenvalue weighted by Gasteiger charge is -2.30. The third-order valence-corrected chi connectivity index (χ3v) is 7.71. The van der Waals surface area contributed by atoms with E-state index in [1.54, 1.807) is 54.6 Å². The van der Waals surface area contributed by atoms with E-state index in [1.165, 1.54) is 29.2 Å². The van der Waals surface area contributed by atoms with Gasteiger partial charge in [-0.1, -0.05) is 54.6 Å². The van der Waals surface area contributed by atoms with E-state index in [0.717, 1.165) is 0 Å². The minimum Gasteiger partial charge on any atom is -0.334 e. The first-order valence-electron chi connectivity index (χ1n) is 13.5. The van der Waals surface area contributed by atoms with Gasteiger partial charge in [-0.3, -0.25) is 14.4 Å². The van der Waals surface area contributed by atoms with E-state index in [9.17, 15) is 31.6 Å². The van der Waals surface area contributed by atoms with Crippen LogP contribution in [0.25, 0.3) is 0 Å². The minimum atomic E-state index is -2.31. The quantitative estimate of drug-likeness (QED) is 0.348. The smallest absolute Gasteiger partial charge is 0.224 e.